The van der Waals surface area contributed by atoms with E-state index >= 15 is 0 Å². The first-order valence-electron chi connectivity index (χ1n) is 8.39. The van der Waals surface area contributed by atoms with Crippen molar-refractivity contribution in [3.8, 4) is 0 Å². The van der Waals surface area contributed by atoms with Gasteiger partial charge in [0.05, 0.1) is 0 Å². The number of hydrogen-bond donors (Lipinski definition) is 1. The van der Waals surface area contributed by atoms with Crippen LogP contribution in [0.25, 0.3) is 0 Å². The fourth-order valence-electron chi connectivity index (χ4n) is 3.46. The molecule has 118 valence electrons. The number of unbranched alkanes of at least 4 members (excludes halogenated alkanes) is 4. The van der Waals surface area contributed by atoms with Gasteiger partial charge in [0, 0.05) is 25.4 Å². The zero-order valence-electron chi connectivity index (χ0n) is 13.9. The van der Waals surface area contributed by atoms with Crippen LogP contribution in [-0.4, -0.2) is 35.1 Å². The molecular formula is C17H33NO2. The Kier molecular flexibility index (Phi) is 6.50. The number of nitrogens with zero attached hydrogens (tertiary/aromatic N) is 1. The summed E-state index contributed by atoms with van der Waals surface area (Å²) in [6.45, 7) is 7.20. The van der Waals surface area contributed by atoms with Crippen LogP contribution in [0.15, 0.2) is 0 Å². The van der Waals surface area contributed by atoms with Crippen LogP contribution < -0.4 is 0 Å². The first kappa shape index (κ1) is 17.5. The van der Waals surface area contributed by atoms with Gasteiger partial charge in [-0.05, 0) is 12.8 Å². The molecule has 1 N–H and O–H groups in total. The fourth-order valence-corrected chi connectivity index (χ4v) is 3.46. The topological polar surface area (TPSA) is 40.5 Å². The third-order valence-corrected chi connectivity index (χ3v) is 5.17. The van der Waals surface area contributed by atoms with Crippen LogP contribution in [0.5, 0.6) is 0 Å². The van der Waals surface area contributed by atoms with Crippen LogP contribution in [-0.2, 0) is 4.79 Å². The molecule has 0 aromatic heterocycles. The molecule has 1 amide bonds. The zero-order valence-corrected chi connectivity index (χ0v) is 13.9. The largest absolute Gasteiger partial charge is 0.379 e. The lowest BCUT2D eigenvalue weighted by atomic mass is 9.66. The molecule has 0 radical (unpaired) electrons. The van der Waals surface area contributed by atoms with Gasteiger partial charge >= 0.3 is 0 Å². The predicted octanol–water partition coefficient (Wildman–Crippen LogP) is 3.75. The van der Waals surface area contributed by atoms with E-state index in [1.165, 1.54) is 19.3 Å². The molecule has 3 nitrogen and oxygen atoms in total. The highest BCUT2D eigenvalue weighted by Crippen LogP contribution is 2.46. The lowest BCUT2D eigenvalue weighted by Gasteiger charge is -2.41. The van der Waals surface area contributed by atoms with E-state index in [4.69, 9.17) is 0 Å². The van der Waals surface area contributed by atoms with Gasteiger partial charge in [0.15, 0.2) is 0 Å². The highest BCUT2D eigenvalue weighted by molar-refractivity contribution is 5.87. The smallest absolute Gasteiger partial charge is 0.254 e. The van der Waals surface area contributed by atoms with Crippen molar-refractivity contribution in [2.45, 2.75) is 84.2 Å². The third-order valence-electron chi connectivity index (χ3n) is 5.17. The molecule has 0 saturated carbocycles. The van der Waals surface area contributed by atoms with Crippen LogP contribution in [0.2, 0.25) is 0 Å². The lowest BCUT2D eigenvalue weighted by Crippen LogP contribution is -2.52. The lowest BCUT2D eigenvalue weighted by molar-refractivity contribution is -0.157. The summed E-state index contributed by atoms with van der Waals surface area (Å²) in [5, 5.41) is 11.0. The monoisotopic (exact) mass is 283 g/mol. The standard InChI is InChI=1S/C17H33NO2/c1-5-7-9-10-12-16(3,11-8-6-2)17(20)13-14-18(4)15(17)19/h20H,5-14H2,1-4H3. The second kappa shape index (κ2) is 7.44. The molecule has 0 aromatic rings. The van der Waals surface area contributed by atoms with Gasteiger partial charge < -0.3 is 10.0 Å². The fraction of sp³-hybridized carbons (Fsp3) is 0.941. The summed E-state index contributed by atoms with van der Waals surface area (Å²) < 4.78 is 0. The number of rotatable bonds is 9. The molecule has 1 heterocycles. The number of amides is 1. The number of aliphatic hydroxyl groups is 1. The molecule has 1 fully saturated rings. The number of carbonyl (C=O) groups excluding carboxylic acids is 1. The summed E-state index contributed by atoms with van der Waals surface area (Å²) in [6.07, 6.45) is 9.50. The Morgan fingerprint density at radius 3 is 2.25 bits per heavy atom. The molecule has 0 aliphatic carbocycles. The molecular weight excluding hydrogens is 250 g/mol. The van der Waals surface area contributed by atoms with Crippen LogP contribution >= 0.6 is 0 Å². The van der Waals surface area contributed by atoms with E-state index in [0.717, 1.165) is 32.1 Å². The van der Waals surface area contributed by atoms with Gasteiger partial charge in [-0.25, -0.2) is 0 Å². The molecule has 1 aliphatic rings. The summed E-state index contributed by atoms with van der Waals surface area (Å²) in [5.41, 5.74) is -1.40. The number of hydrogen-bond acceptors (Lipinski definition) is 2. The number of likely N-dealkylation sites (N-methyl/N-ethyl adjacent to an activating group) is 1. The van der Waals surface area contributed by atoms with Crippen LogP contribution in [0.1, 0.15) is 78.6 Å². The van der Waals surface area contributed by atoms with Crippen molar-refractivity contribution >= 4 is 5.91 Å². The van der Waals surface area contributed by atoms with Crippen molar-refractivity contribution in [1.29, 1.82) is 0 Å². The quantitative estimate of drug-likeness (QED) is 0.655. The molecule has 1 aliphatic heterocycles. The van der Waals surface area contributed by atoms with Gasteiger partial charge in [-0.3, -0.25) is 4.79 Å². The van der Waals surface area contributed by atoms with Crippen molar-refractivity contribution in [3.63, 3.8) is 0 Å². The van der Waals surface area contributed by atoms with Crippen molar-refractivity contribution < 1.29 is 9.90 Å². The van der Waals surface area contributed by atoms with E-state index in [2.05, 4.69) is 20.8 Å². The summed E-state index contributed by atoms with van der Waals surface area (Å²) >= 11 is 0. The van der Waals surface area contributed by atoms with E-state index in [1.807, 2.05) is 0 Å². The Labute approximate surface area is 124 Å². The summed E-state index contributed by atoms with van der Waals surface area (Å²) in [7, 11) is 1.80. The van der Waals surface area contributed by atoms with Gasteiger partial charge in [0.2, 0.25) is 0 Å². The SMILES string of the molecule is CCCCCCC(C)(CCCC)C1(O)CCN(C)C1=O. The third kappa shape index (κ3) is 3.55. The Bertz CT molecular complexity index is 318. The summed E-state index contributed by atoms with van der Waals surface area (Å²) in [4.78, 5) is 14.1. The highest BCUT2D eigenvalue weighted by atomic mass is 16.3. The van der Waals surface area contributed by atoms with Gasteiger partial charge in [-0.1, -0.05) is 59.3 Å². The van der Waals surface area contributed by atoms with Crippen molar-refractivity contribution in [1.82, 2.24) is 4.90 Å². The van der Waals surface area contributed by atoms with Crippen LogP contribution in [0, 0.1) is 5.41 Å². The molecule has 0 bridgehead atoms. The normalized spacial score (nSPS) is 26.1. The molecule has 2 atom stereocenters. The number of carbonyl (C=O) groups is 1. The maximum Gasteiger partial charge on any atom is 0.254 e. The Morgan fingerprint density at radius 2 is 1.75 bits per heavy atom. The average Bonchev–Trinajstić information content (AvgIpc) is 2.71. The van der Waals surface area contributed by atoms with Crippen LogP contribution in [0.3, 0.4) is 0 Å². The molecule has 0 spiro atoms. The molecule has 20 heavy (non-hydrogen) atoms. The Hall–Kier alpha value is -0.570. The number of likely N-dealkylation sites (tertiary alicyclic amines) is 1. The molecule has 1 saturated heterocycles. The van der Waals surface area contributed by atoms with Gasteiger partial charge in [-0.2, -0.15) is 0 Å². The zero-order chi connectivity index (χ0) is 15.2. The molecule has 3 heteroatoms. The maximum absolute atomic E-state index is 12.4. The van der Waals surface area contributed by atoms with Gasteiger partial charge in [0.1, 0.15) is 5.60 Å². The van der Waals surface area contributed by atoms with E-state index in [-0.39, 0.29) is 11.3 Å². The van der Waals surface area contributed by atoms with Crippen molar-refractivity contribution in [2.24, 2.45) is 5.41 Å². The van der Waals surface area contributed by atoms with Gasteiger partial charge in [-0.15, -0.1) is 0 Å². The van der Waals surface area contributed by atoms with E-state index < -0.39 is 5.60 Å². The van der Waals surface area contributed by atoms with E-state index in [1.54, 1.807) is 11.9 Å². The van der Waals surface area contributed by atoms with Gasteiger partial charge in [0.25, 0.3) is 5.91 Å². The summed E-state index contributed by atoms with van der Waals surface area (Å²) in [6, 6.07) is 0. The molecule has 1 rings (SSSR count). The summed E-state index contributed by atoms with van der Waals surface area (Å²) in [5.74, 6) is -0.0633. The maximum atomic E-state index is 12.4. The van der Waals surface area contributed by atoms with Crippen LogP contribution in [0.4, 0.5) is 0 Å². The second-order valence-electron chi connectivity index (χ2n) is 6.81. The predicted molar refractivity (Wildman–Crippen MR) is 83.6 cm³/mol. The average molecular weight is 283 g/mol. The minimum absolute atomic E-state index is 0.0633. The highest BCUT2D eigenvalue weighted by Gasteiger charge is 2.55. The Balaban J connectivity index is 2.78. The first-order valence-corrected chi connectivity index (χ1v) is 8.39. The molecule has 2 unspecified atom stereocenters. The van der Waals surface area contributed by atoms with Crippen molar-refractivity contribution in [3.05, 3.63) is 0 Å². The second-order valence-corrected chi connectivity index (χ2v) is 6.81. The minimum atomic E-state index is -1.14. The van der Waals surface area contributed by atoms with E-state index in [9.17, 15) is 9.90 Å². The minimum Gasteiger partial charge on any atom is -0.379 e. The van der Waals surface area contributed by atoms with E-state index in [0.29, 0.717) is 13.0 Å². The Morgan fingerprint density at radius 1 is 1.15 bits per heavy atom. The van der Waals surface area contributed by atoms with Crippen molar-refractivity contribution in [2.75, 3.05) is 13.6 Å². The first-order chi connectivity index (χ1) is 9.41. The molecule has 0 aromatic carbocycles.